The van der Waals surface area contributed by atoms with E-state index in [0.717, 1.165) is 66.3 Å². The van der Waals surface area contributed by atoms with Gasteiger partial charge in [0.2, 0.25) is 0 Å². The highest BCUT2D eigenvalue weighted by atomic mass is 32.1. The molecule has 0 N–H and O–H groups in total. The maximum absolute atomic E-state index is 13.0. The summed E-state index contributed by atoms with van der Waals surface area (Å²) < 4.78 is 7.46. The number of likely N-dealkylation sites (tertiary alicyclic amines) is 1. The lowest BCUT2D eigenvalue weighted by atomic mass is 9.91. The first kappa shape index (κ1) is 21.1. The molecule has 1 saturated heterocycles. The Balaban J connectivity index is 1.05. The molecule has 2 aromatic carbocycles. The molecule has 172 valence electrons. The van der Waals surface area contributed by atoms with Crippen molar-refractivity contribution in [2.75, 3.05) is 26.2 Å². The van der Waals surface area contributed by atoms with Crippen molar-refractivity contribution in [1.29, 1.82) is 0 Å². The van der Waals surface area contributed by atoms with Gasteiger partial charge in [0, 0.05) is 50.6 Å². The molecule has 1 amide bonds. The molecule has 1 saturated carbocycles. The predicted octanol–water partition coefficient (Wildman–Crippen LogP) is 4.93. The minimum atomic E-state index is 0.116. The van der Waals surface area contributed by atoms with Crippen molar-refractivity contribution in [3.05, 3.63) is 58.6 Å². The molecule has 0 unspecified atom stereocenters. The van der Waals surface area contributed by atoms with Crippen molar-refractivity contribution in [3.8, 4) is 5.75 Å². The maximum atomic E-state index is 13.0. The van der Waals surface area contributed by atoms with Gasteiger partial charge in [-0.1, -0.05) is 12.5 Å². The zero-order valence-electron chi connectivity index (χ0n) is 19.0. The number of benzene rings is 2. The molecule has 3 aliphatic rings. The Kier molecular flexibility index (Phi) is 5.80. The third-order valence-electron chi connectivity index (χ3n) is 7.72. The number of hydrogen-bond donors (Lipinski definition) is 0. The zero-order valence-corrected chi connectivity index (χ0v) is 19.9. The first-order valence-electron chi connectivity index (χ1n) is 12.4. The van der Waals surface area contributed by atoms with Crippen molar-refractivity contribution in [2.24, 2.45) is 0 Å². The fourth-order valence-electron chi connectivity index (χ4n) is 5.45. The van der Waals surface area contributed by atoms with Crippen LogP contribution in [0, 0.1) is 0 Å². The van der Waals surface area contributed by atoms with Gasteiger partial charge in [-0.05, 0) is 67.1 Å². The number of aromatic nitrogens is 1. The van der Waals surface area contributed by atoms with Gasteiger partial charge in [-0.25, -0.2) is 4.98 Å². The molecule has 5 nitrogen and oxygen atoms in total. The van der Waals surface area contributed by atoms with Crippen LogP contribution in [0.3, 0.4) is 0 Å². The third kappa shape index (κ3) is 4.38. The Morgan fingerprint density at radius 1 is 0.939 bits per heavy atom. The van der Waals surface area contributed by atoms with Crippen LogP contribution >= 0.6 is 11.3 Å². The van der Waals surface area contributed by atoms with Crippen molar-refractivity contribution in [2.45, 2.75) is 57.1 Å². The summed E-state index contributed by atoms with van der Waals surface area (Å²) in [5.41, 5.74) is 6.49. The summed E-state index contributed by atoms with van der Waals surface area (Å²) in [4.78, 5) is 22.0. The molecule has 0 radical (unpaired) electrons. The smallest absolute Gasteiger partial charge is 0.253 e. The zero-order chi connectivity index (χ0) is 22.2. The lowest BCUT2D eigenvalue weighted by Gasteiger charge is -2.36. The summed E-state index contributed by atoms with van der Waals surface area (Å²) >= 11 is 1.58. The van der Waals surface area contributed by atoms with Gasteiger partial charge >= 0.3 is 0 Å². The van der Waals surface area contributed by atoms with Gasteiger partial charge in [-0.2, -0.15) is 0 Å². The second kappa shape index (κ2) is 9.07. The SMILES string of the molecule is O=C(c1ccc2ncsc2c1)N1CCC(Oc2ccc3c(c2)CCN(C2CCC2)CC3)CC1. The summed E-state index contributed by atoms with van der Waals surface area (Å²) in [5.74, 6) is 1.11. The average Bonchev–Trinajstić information content (AvgIpc) is 3.19. The number of piperidine rings is 1. The van der Waals surface area contributed by atoms with Crippen LogP contribution in [-0.4, -0.2) is 59.0 Å². The van der Waals surface area contributed by atoms with E-state index in [1.54, 1.807) is 11.3 Å². The number of hydrogen-bond acceptors (Lipinski definition) is 5. The average molecular weight is 462 g/mol. The van der Waals surface area contributed by atoms with Crippen molar-refractivity contribution in [1.82, 2.24) is 14.8 Å². The van der Waals surface area contributed by atoms with Crippen LogP contribution in [0.15, 0.2) is 41.9 Å². The van der Waals surface area contributed by atoms with Crippen LogP contribution in [0.5, 0.6) is 5.75 Å². The van der Waals surface area contributed by atoms with Crippen LogP contribution in [0.25, 0.3) is 10.2 Å². The highest BCUT2D eigenvalue weighted by molar-refractivity contribution is 7.16. The first-order chi connectivity index (χ1) is 16.2. The molecule has 3 heterocycles. The Morgan fingerprint density at radius 3 is 2.55 bits per heavy atom. The molecule has 1 aliphatic carbocycles. The van der Waals surface area contributed by atoms with Gasteiger partial charge in [0.05, 0.1) is 15.7 Å². The van der Waals surface area contributed by atoms with E-state index in [-0.39, 0.29) is 12.0 Å². The van der Waals surface area contributed by atoms with E-state index >= 15 is 0 Å². The topological polar surface area (TPSA) is 45.7 Å². The second-order valence-electron chi connectivity index (χ2n) is 9.70. The lowest BCUT2D eigenvalue weighted by molar-refractivity contribution is 0.0595. The Morgan fingerprint density at radius 2 is 1.76 bits per heavy atom. The quantitative estimate of drug-likeness (QED) is 0.553. The minimum Gasteiger partial charge on any atom is -0.490 e. The number of nitrogens with zero attached hydrogens (tertiary/aromatic N) is 3. The molecule has 0 bridgehead atoms. The van der Waals surface area contributed by atoms with Crippen LogP contribution in [0.4, 0.5) is 0 Å². The first-order valence-corrected chi connectivity index (χ1v) is 13.3. The fourth-order valence-corrected chi connectivity index (χ4v) is 6.17. The van der Waals surface area contributed by atoms with Crippen LogP contribution in [-0.2, 0) is 12.8 Å². The van der Waals surface area contributed by atoms with E-state index in [4.69, 9.17) is 4.74 Å². The number of fused-ring (bicyclic) bond motifs is 2. The van der Waals surface area contributed by atoms with Crippen LogP contribution < -0.4 is 4.74 Å². The van der Waals surface area contributed by atoms with Gasteiger partial charge in [0.1, 0.15) is 11.9 Å². The molecule has 3 aromatic rings. The van der Waals surface area contributed by atoms with E-state index in [1.165, 1.54) is 43.5 Å². The van der Waals surface area contributed by atoms with E-state index in [9.17, 15) is 4.79 Å². The van der Waals surface area contributed by atoms with Crippen LogP contribution in [0.1, 0.15) is 53.6 Å². The number of carbonyl (C=O) groups excluding carboxylic acids is 1. The standard InChI is InChI=1S/C27H31N3O2S/c31-27(21-5-7-25-26(17-21)33-18-28-25)30-14-10-23(11-15-30)32-24-6-4-19-8-12-29(22-2-1-3-22)13-9-20(19)16-24/h4-7,16-18,22-23H,1-3,8-15H2. The second-order valence-corrected chi connectivity index (χ2v) is 10.6. The predicted molar refractivity (Wildman–Crippen MR) is 132 cm³/mol. The number of thiazole rings is 1. The Bertz CT molecular complexity index is 1150. The van der Waals surface area contributed by atoms with Crippen molar-refractivity contribution in [3.63, 3.8) is 0 Å². The molecular formula is C27H31N3O2S. The Hall–Kier alpha value is -2.44. The molecule has 33 heavy (non-hydrogen) atoms. The van der Waals surface area contributed by atoms with Gasteiger partial charge < -0.3 is 9.64 Å². The number of amides is 1. The Labute approximate surface area is 199 Å². The minimum absolute atomic E-state index is 0.116. The highest BCUT2D eigenvalue weighted by Gasteiger charge is 2.27. The summed E-state index contributed by atoms with van der Waals surface area (Å²) in [5, 5.41) is 0. The molecule has 1 aromatic heterocycles. The molecule has 0 atom stereocenters. The maximum Gasteiger partial charge on any atom is 0.253 e. The highest BCUT2D eigenvalue weighted by Crippen LogP contribution is 2.29. The lowest BCUT2D eigenvalue weighted by Crippen LogP contribution is -2.41. The normalized spacial score (nSPS) is 20.3. The van der Waals surface area contributed by atoms with Gasteiger partial charge in [-0.3, -0.25) is 9.69 Å². The molecule has 0 spiro atoms. The van der Waals surface area contributed by atoms with Gasteiger partial charge in [0.25, 0.3) is 5.91 Å². The molecular weight excluding hydrogens is 430 g/mol. The number of carbonyl (C=O) groups is 1. The third-order valence-corrected chi connectivity index (χ3v) is 8.51. The van der Waals surface area contributed by atoms with Crippen molar-refractivity contribution < 1.29 is 9.53 Å². The van der Waals surface area contributed by atoms with E-state index in [1.807, 2.05) is 28.6 Å². The number of rotatable bonds is 4. The van der Waals surface area contributed by atoms with E-state index in [0.29, 0.717) is 0 Å². The summed E-state index contributed by atoms with van der Waals surface area (Å²) in [6.45, 7) is 3.85. The summed E-state index contributed by atoms with van der Waals surface area (Å²) in [6.07, 6.45) is 8.37. The van der Waals surface area contributed by atoms with Gasteiger partial charge in [0.15, 0.2) is 0 Å². The molecule has 6 heteroatoms. The van der Waals surface area contributed by atoms with Crippen molar-refractivity contribution >= 4 is 27.5 Å². The van der Waals surface area contributed by atoms with Crippen LogP contribution in [0.2, 0.25) is 0 Å². The summed E-state index contributed by atoms with van der Waals surface area (Å²) in [7, 11) is 0. The van der Waals surface area contributed by atoms with Gasteiger partial charge in [-0.15, -0.1) is 11.3 Å². The monoisotopic (exact) mass is 461 g/mol. The fraction of sp³-hybridized carbons (Fsp3) is 0.481. The molecule has 2 aliphatic heterocycles. The summed E-state index contributed by atoms with van der Waals surface area (Å²) in [6, 6.07) is 13.4. The molecule has 2 fully saturated rings. The largest absolute Gasteiger partial charge is 0.490 e. The van der Waals surface area contributed by atoms with E-state index in [2.05, 4.69) is 28.1 Å². The van der Waals surface area contributed by atoms with E-state index < -0.39 is 0 Å². The number of ether oxygens (including phenoxy) is 1. The molecule has 6 rings (SSSR count).